The third-order valence-electron chi connectivity index (χ3n) is 4.17. The Labute approximate surface area is 186 Å². The molecule has 0 saturated heterocycles. The molecule has 2 N–H and O–H groups in total. The number of hydrogen-bond donors (Lipinski definition) is 2. The van der Waals surface area contributed by atoms with Crippen molar-refractivity contribution in [2.24, 2.45) is 4.99 Å². The lowest BCUT2D eigenvalue weighted by Crippen LogP contribution is -2.36. The van der Waals surface area contributed by atoms with Crippen LogP contribution in [0.4, 0.5) is 0 Å². The molecule has 2 heterocycles. The van der Waals surface area contributed by atoms with Crippen LogP contribution < -0.4 is 15.4 Å². The van der Waals surface area contributed by atoms with Gasteiger partial charge in [-0.2, -0.15) is 0 Å². The van der Waals surface area contributed by atoms with Crippen molar-refractivity contribution in [2.75, 3.05) is 14.2 Å². The first kappa shape index (κ1) is 22.2. The Morgan fingerprint density at radius 1 is 1.11 bits per heavy atom. The van der Waals surface area contributed by atoms with Crippen molar-refractivity contribution in [3.63, 3.8) is 0 Å². The van der Waals surface area contributed by atoms with Gasteiger partial charge in [0.15, 0.2) is 5.96 Å². The maximum Gasteiger partial charge on any atom is 0.214 e. The van der Waals surface area contributed by atoms with Gasteiger partial charge in [-0.15, -0.1) is 35.3 Å². The smallest absolute Gasteiger partial charge is 0.214 e. The average Bonchev–Trinajstić information content (AvgIpc) is 3.29. The molecule has 0 aliphatic rings. The summed E-state index contributed by atoms with van der Waals surface area (Å²) in [5.74, 6) is 3.08. The molecule has 0 radical (unpaired) electrons. The number of guanidine groups is 1. The third-order valence-corrected chi connectivity index (χ3v) is 5.30. The Morgan fingerprint density at radius 3 is 2.43 bits per heavy atom. The van der Waals surface area contributed by atoms with E-state index in [2.05, 4.69) is 44.9 Å². The molecule has 3 rings (SSSR count). The number of hydrogen-bond acceptors (Lipinski definition) is 5. The molecule has 28 heavy (non-hydrogen) atoms. The molecule has 1 aromatic carbocycles. The zero-order valence-corrected chi connectivity index (χ0v) is 19.6. The second kappa shape index (κ2) is 10.5. The third kappa shape index (κ3) is 5.71. The van der Waals surface area contributed by atoms with E-state index in [-0.39, 0.29) is 24.0 Å². The number of rotatable bonds is 6. The molecule has 2 aromatic heterocycles. The van der Waals surface area contributed by atoms with Crippen LogP contribution in [0.2, 0.25) is 0 Å². The highest BCUT2D eigenvalue weighted by Crippen LogP contribution is 2.29. The van der Waals surface area contributed by atoms with E-state index in [1.807, 2.05) is 26.0 Å². The van der Waals surface area contributed by atoms with Crippen molar-refractivity contribution >= 4 is 41.3 Å². The Bertz CT molecular complexity index is 899. The molecule has 0 atom stereocenters. The minimum absolute atomic E-state index is 0. The van der Waals surface area contributed by atoms with Crippen molar-refractivity contribution in [1.82, 2.24) is 15.6 Å². The first-order valence-corrected chi connectivity index (χ1v) is 9.51. The van der Waals surface area contributed by atoms with Crippen LogP contribution in [0.5, 0.6) is 5.75 Å². The van der Waals surface area contributed by atoms with E-state index in [1.54, 1.807) is 25.5 Å². The van der Waals surface area contributed by atoms with Gasteiger partial charge in [-0.25, -0.2) is 4.98 Å². The molecule has 0 spiro atoms. The number of aryl methyl sites for hydroxylation is 2. The van der Waals surface area contributed by atoms with Crippen LogP contribution >= 0.6 is 35.3 Å². The summed E-state index contributed by atoms with van der Waals surface area (Å²) < 4.78 is 10.8. The van der Waals surface area contributed by atoms with Gasteiger partial charge < -0.3 is 19.8 Å². The van der Waals surface area contributed by atoms with Gasteiger partial charge in [-0.05, 0) is 55.8 Å². The highest BCUT2D eigenvalue weighted by Gasteiger charge is 2.08. The van der Waals surface area contributed by atoms with Gasteiger partial charge in [-0.3, -0.25) is 4.99 Å². The first-order chi connectivity index (χ1) is 13.1. The highest BCUT2D eigenvalue weighted by atomic mass is 127. The second-order valence-corrected chi connectivity index (χ2v) is 7.19. The predicted octanol–water partition coefficient (Wildman–Crippen LogP) is 4.51. The van der Waals surface area contributed by atoms with Crippen LogP contribution in [0.25, 0.3) is 10.4 Å². The number of halogens is 1. The van der Waals surface area contributed by atoms with Gasteiger partial charge in [0, 0.05) is 16.8 Å². The maximum atomic E-state index is 5.58. The van der Waals surface area contributed by atoms with E-state index in [9.17, 15) is 0 Å². The number of benzene rings is 1. The standard InChI is InChI=1S/C20H24N4O2S.HI/c1-13-14(2)26-19(24-13)12-23-20(21-3)22-11-17-9-10-18(27-17)15-5-7-16(25-4)8-6-15;/h5-10H,11-12H2,1-4H3,(H2,21,22,23);1H. The lowest BCUT2D eigenvalue weighted by molar-refractivity contribution is 0.415. The zero-order chi connectivity index (χ0) is 19.2. The van der Waals surface area contributed by atoms with E-state index < -0.39 is 0 Å². The van der Waals surface area contributed by atoms with E-state index in [0.29, 0.717) is 24.9 Å². The summed E-state index contributed by atoms with van der Waals surface area (Å²) >= 11 is 1.75. The molecule has 150 valence electrons. The number of oxazole rings is 1. The van der Waals surface area contributed by atoms with Crippen LogP contribution in [0, 0.1) is 13.8 Å². The molecule has 6 nitrogen and oxygen atoms in total. The molecular weight excluding hydrogens is 487 g/mol. The molecule has 0 saturated carbocycles. The number of nitrogens with zero attached hydrogens (tertiary/aromatic N) is 2. The van der Waals surface area contributed by atoms with Gasteiger partial charge in [0.05, 0.1) is 25.9 Å². The topological polar surface area (TPSA) is 71.7 Å². The number of aromatic nitrogens is 1. The second-order valence-electron chi connectivity index (χ2n) is 6.02. The van der Waals surface area contributed by atoms with Gasteiger partial charge in [-0.1, -0.05) is 0 Å². The van der Waals surface area contributed by atoms with E-state index in [0.717, 1.165) is 17.2 Å². The molecule has 0 fully saturated rings. The maximum absolute atomic E-state index is 5.58. The van der Waals surface area contributed by atoms with E-state index in [1.165, 1.54) is 15.3 Å². The van der Waals surface area contributed by atoms with Crippen molar-refractivity contribution in [1.29, 1.82) is 0 Å². The summed E-state index contributed by atoms with van der Waals surface area (Å²) in [5.41, 5.74) is 2.10. The molecule has 0 aliphatic carbocycles. The van der Waals surface area contributed by atoms with Crippen molar-refractivity contribution in [3.05, 3.63) is 58.6 Å². The summed E-state index contributed by atoms with van der Waals surface area (Å²) in [5, 5.41) is 6.54. The van der Waals surface area contributed by atoms with Gasteiger partial charge in [0.1, 0.15) is 11.5 Å². The minimum Gasteiger partial charge on any atom is -0.497 e. The predicted molar refractivity (Wildman–Crippen MR) is 125 cm³/mol. The molecule has 8 heteroatoms. The summed E-state index contributed by atoms with van der Waals surface area (Å²) in [7, 11) is 3.42. The van der Waals surface area contributed by atoms with Crippen LogP contribution in [-0.2, 0) is 13.1 Å². The number of nitrogens with one attached hydrogen (secondary N) is 2. The minimum atomic E-state index is 0. The lowest BCUT2D eigenvalue weighted by atomic mass is 10.2. The van der Waals surface area contributed by atoms with Gasteiger partial charge in [0.2, 0.25) is 5.89 Å². The Balaban J connectivity index is 0.00000280. The Morgan fingerprint density at radius 2 is 1.82 bits per heavy atom. The van der Waals surface area contributed by atoms with Crippen LogP contribution in [-0.4, -0.2) is 25.1 Å². The SMILES string of the molecule is CN=C(NCc1nc(C)c(C)o1)NCc1ccc(-c2ccc(OC)cc2)s1.I. The fourth-order valence-electron chi connectivity index (χ4n) is 2.55. The van der Waals surface area contributed by atoms with Gasteiger partial charge >= 0.3 is 0 Å². The molecule has 3 aromatic rings. The zero-order valence-electron chi connectivity index (χ0n) is 16.4. The quantitative estimate of drug-likeness (QED) is 0.289. The van der Waals surface area contributed by atoms with E-state index >= 15 is 0 Å². The molecule has 0 bridgehead atoms. The summed E-state index contributed by atoms with van der Waals surface area (Å²) in [6.45, 7) is 5.04. The number of methoxy groups -OCH3 is 1. The van der Waals surface area contributed by atoms with Crippen molar-refractivity contribution in [3.8, 4) is 16.2 Å². The number of ether oxygens (including phenoxy) is 1. The van der Waals surface area contributed by atoms with E-state index in [4.69, 9.17) is 9.15 Å². The summed E-state index contributed by atoms with van der Waals surface area (Å²) in [6.07, 6.45) is 0. The van der Waals surface area contributed by atoms with Crippen molar-refractivity contribution < 1.29 is 9.15 Å². The summed E-state index contributed by atoms with van der Waals surface area (Å²) in [6, 6.07) is 12.4. The Hall–Kier alpha value is -2.07. The summed E-state index contributed by atoms with van der Waals surface area (Å²) in [4.78, 5) is 11.1. The van der Waals surface area contributed by atoms with Crippen LogP contribution in [0.1, 0.15) is 22.2 Å². The van der Waals surface area contributed by atoms with Crippen LogP contribution in [0.15, 0.2) is 45.8 Å². The average molecular weight is 512 g/mol. The Kier molecular flexibility index (Phi) is 8.31. The molecular formula is C20H25IN4O2S. The first-order valence-electron chi connectivity index (χ1n) is 8.69. The van der Waals surface area contributed by atoms with Gasteiger partial charge in [0.25, 0.3) is 0 Å². The normalized spacial score (nSPS) is 11.1. The highest BCUT2D eigenvalue weighted by molar-refractivity contribution is 14.0. The fraction of sp³-hybridized carbons (Fsp3) is 0.300. The monoisotopic (exact) mass is 512 g/mol. The largest absolute Gasteiger partial charge is 0.497 e. The van der Waals surface area contributed by atoms with Crippen LogP contribution in [0.3, 0.4) is 0 Å². The van der Waals surface area contributed by atoms with Crippen molar-refractivity contribution in [2.45, 2.75) is 26.9 Å². The number of aliphatic imine (C=N–C) groups is 1. The number of thiophene rings is 1. The molecule has 0 amide bonds. The lowest BCUT2D eigenvalue weighted by Gasteiger charge is -2.09. The fourth-order valence-corrected chi connectivity index (χ4v) is 3.50. The molecule has 0 aliphatic heterocycles. The molecule has 0 unspecified atom stereocenters.